The third-order valence-electron chi connectivity index (χ3n) is 3.28. The number of rotatable bonds is 2. The van der Waals surface area contributed by atoms with Crippen molar-refractivity contribution in [1.82, 2.24) is 10.2 Å². The summed E-state index contributed by atoms with van der Waals surface area (Å²) in [5.41, 5.74) is 1.20. The fourth-order valence-corrected chi connectivity index (χ4v) is 2.25. The highest BCUT2D eigenvalue weighted by Crippen LogP contribution is 2.23. The minimum Gasteiger partial charge on any atom is -0.508 e. The fraction of sp³-hybridized carbons (Fsp3) is 0.538. The number of aromatic hydroxyl groups is 1. The molecule has 0 amide bonds. The zero-order valence-corrected chi connectivity index (χ0v) is 9.82. The molecule has 2 rings (SSSR count). The smallest absolute Gasteiger partial charge is 0.115 e. The Morgan fingerprint density at radius 1 is 1.31 bits per heavy atom. The maximum Gasteiger partial charge on any atom is 0.115 e. The van der Waals surface area contributed by atoms with E-state index in [9.17, 15) is 5.11 Å². The van der Waals surface area contributed by atoms with Crippen LogP contribution in [0.3, 0.4) is 0 Å². The van der Waals surface area contributed by atoms with Crippen LogP contribution in [0.25, 0.3) is 0 Å². The van der Waals surface area contributed by atoms with Crippen LogP contribution in [0.1, 0.15) is 24.9 Å². The number of phenolic OH excluding ortho intramolecular Hbond substituents is 1. The second-order valence-corrected chi connectivity index (χ2v) is 4.41. The third kappa shape index (κ3) is 2.74. The molecule has 0 saturated carbocycles. The van der Waals surface area contributed by atoms with E-state index in [1.807, 2.05) is 12.1 Å². The van der Waals surface area contributed by atoms with Crippen LogP contribution in [0.2, 0.25) is 0 Å². The van der Waals surface area contributed by atoms with E-state index in [4.69, 9.17) is 0 Å². The zero-order valence-electron chi connectivity index (χ0n) is 9.82. The van der Waals surface area contributed by atoms with Gasteiger partial charge in [-0.2, -0.15) is 0 Å². The zero-order chi connectivity index (χ0) is 11.4. The molecule has 1 unspecified atom stereocenters. The van der Waals surface area contributed by atoms with Crippen LogP contribution in [-0.4, -0.2) is 36.2 Å². The topological polar surface area (TPSA) is 35.5 Å². The van der Waals surface area contributed by atoms with Crippen molar-refractivity contribution in [2.45, 2.75) is 19.4 Å². The highest BCUT2D eigenvalue weighted by molar-refractivity contribution is 5.29. The molecule has 88 valence electrons. The lowest BCUT2D eigenvalue weighted by Gasteiger charge is -2.27. The van der Waals surface area contributed by atoms with Crippen LogP contribution >= 0.6 is 0 Å². The molecule has 3 nitrogen and oxygen atoms in total. The van der Waals surface area contributed by atoms with E-state index in [1.165, 1.54) is 12.0 Å². The number of nitrogens with zero attached hydrogens (tertiary/aromatic N) is 1. The van der Waals surface area contributed by atoms with Crippen molar-refractivity contribution in [2.75, 3.05) is 26.2 Å². The molecule has 2 N–H and O–H groups in total. The monoisotopic (exact) mass is 220 g/mol. The Morgan fingerprint density at radius 3 is 3.00 bits per heavy atom. The number of benzene rings is 1. The van der Waals surface area contributed by atoms with Crippen molar-refractivity contribution >= 4 is 0 Å². The average Bonchev–Trinajstić information content (AvgIpc) is 2.56. The van der Waals surface area contributed by atoms with Crippen LogP contribution < -0.4 is 5.32 Å². The van der Waals surface area contributed by atoms with Gasteiger partial charge < -0.3 is 10.4 Å². The fourth-order valence-electron chi connectivity index (χ4n) is 2.25. The molecular formula is C13H20N2O. The quantitative estimate of drug-likeness (QED) is 0.797. The van der Waals surface area contributed by atoms with Gasteiger partial charge in [0.2, 0.25) is 0 Å². The van der Waals surface area contributed by atoms with Gasteiger partial charge >= 0.3 is 0 Å². The normalized spacial score (nSPS) is 20.3. The first-order chi connectivity index (χ1) is 7.77. The second kappa shape index (κ2) is 5.32. The average molecular weight is 220 g/mol. The van der Waals surface area contributed by atoms with E-state index >= 15 is 0 Å². The molecule has 0 spiro atoms. The van der Waals surface area contributed by atoms with E-state index in [-0.39, 0.29) is 0 Å². The maximum atomic E-state index is 9.49. The molecule has 0 aliphatic carbocycles. The van der Waals surface area contributed by atoms with Crippen molar-refractivity contribution in [3.63, 3.8) is 0 Å². The van der Waals surface area contributed by atoms with Crippen molar-refractivity contribution in [1.29, 1.82) is 0 Å². The molecule has 1 saturated heterocycles. The highest BCUT2D eigenvalue weighted by Gasteiger charge is 2.16. The van der Waals surface area contributed by atoms with E-state index < -0.39 is 0 Å². The highest BCUT2D eigenvalue weighted by atomic mass is 16.3. The minimum absolute atomic E-state index is 0.359. The van der Waals surface area contributed by atoms with Gasteiger partial charge in [0, 0.05) is 19.1 Å². The Balaban J connectivity index is 2.07. The van der Waals surface area contributed by atoms with Gasteiger partial charge in [-0.15, -0.1) is 0 Å². The molecule has 1 aliphatic rings. The van der Waals surface area contributed by atoms with Gasteiger partial charge in [0.05, 0.1) is 0 Å². The summed E-state index contributed by atoms with van der Waals surface area (Å²) in [6.45, 7) is 6.59. The van der Waals surface area contributed by atoms with Gasteiger partial charge in [-0.25, -0.2) is 0 Å². The van der Waals surface area contributed by atoms with Crippen molar-refractivity contribution < 1.29 is 5.11 Å². The van der Waals surface area contributed by atoms with E-state index in [0.717, 1.165) is 26.2 Å². The van der Waals surface area contributed by atoms with Crippen LogP contribution in [-0.2, 0) is 0 Å². The largest absolute Gasteiger partial charge is 0.508 e. The number of phenols is 1. The van der Waals surface area contributed by atoms with Crippen molar-refractivity contribution in [2.24, 2.45) is 0 Å². The summed E-state index contributed by atoms with van der Waals surface area (Å²) >= 11 is 0. The molecule has 1 aromatic rings. The molecule has 1 fully saturated rings. The minimum atomic E-state index is 0.359. The Hall–Kier alpha value is -1.06. The lowest BCUT2D eigenvalue weighted by atomic mass is 10.1. The number of hydrogen-bond donors (Lipinski definition) is 2. The molecule has 0 aromatic heterocycles. The Labute approximate surface area is 97.1 Å². The molecular weight excluding hydrogens is 200 g/mol. The predicted octanol–water partition coefficient (Wildman–Crippen LogP) is 1.75. The number of hydrogen-bond acceptors (Lipinski definition) is 3. The molecule has 0 bridgehead atoms. The van der Waals surface area contributed by atoms with Gasteiger partial charge in [-0.3, -0.25) is 4.90 Å². The predicted molar refractivity (Wildman–Crippen MR) is 65.6 cm³/mol. The molecule has 0 radical (unpaired) electrons. The summed E-state index contributed by atoms with van der Waals surface area (Å²) < 4.78 is 0. The molecule has 1 aliphatic heterocycles. The Bertz CT molecular complexity index is 332. The summed E-state index contributed by atoms with van der Waals surface area (Å²) in [6.07, 6.45) is 1.20. The van der Waals surface area contributed by atoms with Crippen molar-refractivity contribution in [3.8, 4) is 5.75 Å². The van der Waals surface area contributed by atoms with Crippen molar-refractivity contribution in [3.05, 3.63) is 29.8 Å². The van der Waals surface area contributed by atoms with Gasteiger partial charge in [0.1, 0.15) is 5.75 Å². The maximum absolute atomic E-state index is 9.49. The molecule has 16 heavy (non-hydrogen) atoms. The SMILES string of the molecule is CC(c1cccc(O)c1)N1CCCNCC1. The van der Waals surface area contributed by atoms with Gasteiger partial charge in [0.15, 0.2) is 0 Å². The molecule has 3 heteroatoms. The summed E-state index contributed by atoms with van der Waals surface area (Å²) in [4.78, 5) is 2.47. The van der Waals surface area contributed by atoms with Gasteiger partial charge in [-0.1, -0.05) is 12.1 Å². The first-order valence-electron chi connectivity index (χ1n) is 6.01. The van der Waals surface area contributed by atoms with Crippen LogP contribution in [0, 0.1) is 0 Å². The lowest BCUT2D eigenvalue weighted by Crippen LogP contribution is -2.30. The standard InChI is InChI=1S/C13H20N2O/c1-11(12-4-2-5-13(16)10-12)15-8-3-6-14-7-9-15/h2,4-5,10-11,14,16H,3,6-9H2,1H3. The van der Waals surface area contributed by atoms with Crippen LogP contribution in [0.15, 0.2) is 24.3 Å². The summed E-state index contributed by atoms with van der Waals surface area (Å²) in [5.74, 6) is 0.359. The van der Waals surface area contributed by atoms with E-state index in [0.29, 0.717) is 11.8 Å². The molecule has 1 heterocycles. The lowest BCUT2D eigenvalue weighted by molar-refractivity contribution is 0.225. The second-order valence-electron chi connectivity index (χ2n) is 4.41. The summed E-state index contributed by atoms with van der Waals surface area (Å²) in [6, 6.07) is 7.97. The van der Waals surface area contributed by atoms with E-state index in [2.05, 4.69) is 23.2 Å². The summed E-state index contributed by atoms with van der Waals surface area (Å²) in [7, 11) is 0. The Kier molecular flexibility index (Phi) is 3.80. The third-order valence-corrected chi connectivity index (χ3v) is 3.28. The molecule has 1 aromatic carbocycles. The molecule has 1 atom stereocenters. The van der Waals surface area contributed by atoms with Gasteiger partial charge in [0.25, 0.3) is 0 Å². The summed E-state index contributed by atoms with van der Waals surface area (Å²) in [5, 5.41) is 12.9. The van der Waals surface area contributed by atoms with Gasteiger partial charge in [-0.05, 0) is 44.1 Å². The van der Waals surface area contributed by atoms with Crippen LogP contribution in [0.4, 0.5) is 0 Å². The first-order valence-corrected chi connectivity index (χ1v) is 6.01. The first kappa shape index (κ1) is 11.4. The van der Waals surface area contributed by atoms with E-state index in [1.54, 1.807) is 6.07 Å². The Morgan fingerprint density at radius 2 is 2.19 bits per heavy atom. The van der Waals surface area contributed by atoms with Crippen LogP contribution in [0.5, 0.6) is 5.75 Å². The number of nitrogens with one attached hydrogen (secondary N) is 1.